The minimum Gasteiger partial charge on any atom is -0.280 e. The van der Waals surface area contributed by atoms with E-state index >= 15 is 0 Å². The van der Waals surface area contributed by atoms with Crippen LogP contribution < -0.4 is 11.2 Å². The summed E-state index contributed by atoms with van der Waals surface area (Å²) in [6.07, 6.45) is 5.28. The fourth-order valence-electron chi connectivity index (χ4n) is 4.26. The second-order valence-corrected chi connectivity index (χ2v) is 9.24. The number of rotatable bonds is 3. The van der Waals surface area contributed by atoms with Crippen molar-refractivity contribution in [3.8, 4) is 5.69 Å². The average Bonchev–Trinajstić information content (AvgIpc) is 2.96. The van der Waals surface area contributed by atoms with Gasteiger partial charge in [-0.2, -0.15) is 0 Å². The standard InChI is InChI=1S/C24H21ClN2O2S/c25-17-13-11-16(12-14-17)15-26-23-21(19-9-5-2-6-10-20(19)30-23)22(28)27(24(26)29)18-7-3-1-4-8-18/h1,3-4,7-8,11-14H,2,5-6,9-10,15H2. The van der Waals surface area contributed by atoms with Crippen molar-refractivity contribution in [1.82, 2.24) is 9.13 Å². The van der Waals surface area contributed by atoms with E-state index in [9.17, 15) is 9.59 Å². The molecular weight excluding hydrogens is 416 g/mol. The molecule has 0 fully saturated rings. The van der Waals surface area contributed by atoms with E-state index in [1.54, 1.807) is 15.9 Å². The van der Waals surface area contributed by atoms with Crippen molar-refractivity contribution in [3.05, 3.63) is 96.5 Å². The van der Waals surface area contributed by atoms with E-state index in [0.717, 1.165) is 41.6 Å². The fourth-order valence-corrected chi connectivity index (χ4v) is 5.76. The Morgan fingerprint density at radius 3 is 2.40 bits per heavy atom. The first-order chi connectivity index (χ1) is 14.6. The topological polar surface area (TPSA) is 44.0 Å². The van der Waals surface area contributed by atoms with Gasteiger partial charge in [0.2, 0.25) is 0 Å². The van der Waals surface area contributed by atoms with Gasteiger partial charge in [0, 0.05) is 9.90 Å². The summed E-state index contributed by atoms with van der Waals surface area (Å²) in [5.41, 5.74) is 2.22. The minimum atomic E-state index is -0.301. The summed E-state index contributed by atoms with van der Waals surface area (Å²) in [5.74, 6) is 0. The zero-order chi connectivity index (χ0) is 20.7. The molecule has 2 heterocycles. The summed E-state index contributed by atoms with van der Waals surface area (Å²) >= 11 is 7.66. The van der Waals surface area contributed by atoms with Crippen LogP contribution in [0.5, 0.6) is 0 Å². The first-order valence-corrected chi connectivity index (χ1v) is 11.4. The predicted molar refractivity (Wildman–Crippen MR) is 123 cm³/mol. The van der Waals surface area contributed by atoms with Crippen LogP contribution in [0, 0.1) is 0 Å². The van der Waals surface area contributed by atoms with Crippen LogP contribution >= 0.6 is 22.9 Å². The zero-order valence-corrected chi connectivity index (χ0v) is 18.0. The highest BCUT2D eigenvalue weighted by Gasteiger charge is 2.23. The quantitative estimate of drug-likeness (QED) is 0.415. The molecule has 4 aromatic rings. The number of halogens is 1. The van der Waals surface area contributed by atoms with E-state index in [1.165, 1.54) is 15.9 Å². The molecule has 2 aromatic carbocycles. The van der Waals surface area contributed by atoms with Gasteiger partial charge in [-0.25, -0.2) is 9.36 Å². The van der Waals surface area contributed by atoms with Crippen molar-refractivity contribution in [2.75, 3.05) is 0 Å². The van der Waals surface area contributed by atoms with Crippen LogP contribution in [-0.2, 0) is 19.4 Å². The third-order valence-corrected chi connectivity index (χ3v) is 7.32. The Labute approximate surface area is 183 Å². The lowest BCUT2D eigenvalue weighted by atomic mass is 10.1. The van der Waals surface area contributed by atoms with Gasteiger partial charge in [0.05, 0.1) is 17.6 Å². The molecule has 4 nitrogen and oxygen atoms in total. The Morgan fingerprint density at radius 1 is 0.900 bits per heavy atom. The number of hydrogen-bond donors (Lipinski definition) is 0. The lowest BCUT2D eigenvalue weighted by Crippen LogP contribution is -2.39. The Bertz CT molecular complexity index is 1330. The van der Waals surface area contributed by atoms with E-state index in [0.29, 0.717) is 22.6 Å². The number of aromatic nitrogens is 2. The highest BCUT2D eigenvalue weighted by atomic mass is 35.5. The summed E-state index contributed by atoms with van der Waals surface area (Å²) in [6, 6.07) is 16.7. The third-order valence-electron chi connectivity index (χ3n) is 5.76. The normalized spacial score (nSPS) is 13.9. The summed E-state index contributed by atoms with van der Waals surface area (Å²) in [7, 11) is 0. The summed E-state index contributed by atoms with van der Waals surface area (Å²) in [6.45, 7) is 0.402. The van der Waals surface area contributed by atoms with Gasteiger partial charge in [-0.1, -0.05) is 48.4 Å². The molecule has 5 rings (SSSR count). The fraction of sp³-hybridized carbons (Fsp3) is 0.250. The number of fused-ring (bicyclic) bond motifs is 3. The molecule has 6 heteroatoms. The molecular formula is C24H21ClN2O2S. The number of aryl methyl sites for hydroxylation is 2. The molecule has 0 saturated heterocycles. The molecule has 30 heavy (non-hydrogen) atoms. The molecule has 2 aromatic heterocycles. The van der Waals surface area contributed by atoms with Gasteiger partial charge in [-0.15, -0.1) is 11.3 Å². The second kappa shape index (κ2) is 7.89. The smallest absolute Gasteiger partial charge is 0.280 e. The van der Waals surface area contributed by atoms with E-state index in [1.807, 2.05) is 54.6 Å². The molecule has 0 atom stereocenters. The van der Waals surface area contributed by atoms with E-state index in [-0.39, 0.29) is 11.2 Å². The van der Waals surface area contributed by atoms with Crippen molar-refractivity contribution in [2.24, 2.45) is 0 Å². The van der Waals surface area contributed by atoms with Crippen molar-refractivity contribution >= 4 is 33.2 Å². The second-order valence-electron chi connectivity index (χ2n) is 7.72. The Kier molecular flexibility index (Phi) is 5.09. The highest BCUT2D eigenvalue weighted by Crippen LogP contribution is 2.34. The molecule has 0 radical (unpaired) electrons. The predicted octanol–water partition coefficient (Wildman–Crippen LogP) is 5.18. The molecule has 0 aliphatic heterocycles. The summed E-state index contributed by atoms with van der Waals surface area (Å²) in [4.78, 5) is 29.2. The Hall–Kier alpha value is -2.63. The van der Waals surface area contributed by atoms with Gasteiger partial charge in [-0.3, -0.25) is 9.36 Å². The van der Waals surface area contributed by atoms with E-state index < -0.39 is 0 Å². The molecule has 0 N–H and O–H groups in total. The number of thiophene rings is 1. The van der Waals surface area contributed by atoms with Gasteiger partial charge in [0.15, 0.2) is 0 Å². The first kappa shape index (κ1) is 19.3. The molecule has 0 bridgehead atoms. The average molecular weight is 437 g/mol. The van der Waals surface area contributed by atoms with Crippen LogP contribution in [0.4, 0.5) is 0 Å². The molecule has 0 spiro atoms. The maximum atomic E-state index is 13.6. The number of hydrogen-bond acceptors (Lipinski definition) is 3. The molecule has 0 amide bonds. The van der Waals surface area contributed by atoms with Gasteiger partial charge >= 0.3 is 5.69 Å². The zero-order valence-electron chi connectivity index (χ0n) is 16.4. The van der Waals surface area contributed by atoms with Crippen LogP contribution in [0.2, 0.25) is 5.02 Å². The summed E-state index contributed by atoms with van der Waals surface area (Å²) < 4.78 is 3.09. The van der Waals surface area contributed by atoms with Gasteiger partial charge in [0.1, 0.15) is 4.83 Å². The Morgan fingerprint density at radius 2 is 1.63 bits per heavy atom. The maximum absolute atomic E-state index is 13.6. The van der Waals surface area contributed by atoms with Crippen molar-refractivity contribution in [3.63, 3.8) is 0 Å². The monoisotopic (exact) mass is 436 g/mol. The van der Waals surface area contributed by atoms with Crippen molar-refractivity contribution < 1.29 is 0 Å². The van der Waals surface area contributed by atoms with Crippen LogP contribution in [0.25, 0.3) is 15.9 Å². The molecule has 0 unspecified atom stereocenters. The van der Waals surface area contributed by atoms with Crippen LogP contribution in [0.1, 0.15) is 35.3 Å². The van der Waals surface area contributed by atoms with Gasteiger partial charge in [-0.05, 0) is 61.1 Å². The van der Waals surface area contributed by atoms with Crippen LogP contribution in [0.3, 0.4) is 0 Å². The van der Waals surface area contributed by atoms with Gasteiger partial charge < -0.3 is 0 Å². The number of nitrogens with zero attached hydrogens (tertiary/aromatic N) is 2. The minimum absolute atomic E-state index is 0.201. The van der Waals surface area contributed by atoms with Crippen molar-refractivity contribution in [1.29, 1.82) is 0 Å². The molecule has 1 aliphatic rings. The third kappa shape index (κ3) is 3.32. The maximum Gasteiger partial charge on any atom is 0.337 e. The lowest BCUT2D eigenvalue weighted by molar-refractivity contribution is 0.708. The summed E-state index contributed by atoms with van der Waals surface area (Å²) in [5, 5.41) is 1.38. The largest absolute Gasteiger partial charge is 0.337 e. The number of para-hydroxylation sites is 1. The van der Waals surface area contributed by atoms with E-state index in [2.05, 4.69) is 0 Å². The van der Waals surface area contributed by atoms with Crippen molar-refractivity contribution in [2.45, 2.75) is 38.6 Å². The first-order valence-electron chi connectivity index (χ1n) is 10.2. The van der Waals surface area contributed by atoms with Crippen LogP contribution in [-0.4, -0.2) is 9.13 Å². The molecule has 152 valence electrons. The number of benzene rings is 2. The molecule has 0 saturated carbocycles. The molecule has 1 aliphatic carbocycles. The van der Waals surface area contributed by atoms with Gasteiger partial charge in [0.25, 0.3) is 5.56 Å². The Balaban J connectivity index is 1.82. The lowest BCUT2D eigenvalue weighted by Gasteiger charge is -2.13. The SMILES string of the molecule is O=c1c2c3c(sc2n(Cc2ccc(Cl)cc2)c(=O)n1-c1ccccc1)CCCCC3. The van der Waals surface area contributed by atoms with Crippen LogP contribution in [0.15, 0.2) is 64.2 Å². The van der Waals surface area contributed by atoms with E-state index in [4.69, 9.17) is 11.6 Å². The highest BCUT2D eigenvalue weighted by molar-refractivity contribution is 7.18.